The highest BCUT2D eigenvalue weighted by atomic mass is 35.5. The molecule has 2 rings (SSSR count). The molecule has 0 aliphatic rings. The molecule has 0 unspecified atom stereocenters. The monoisotopic (exact) mass is 283 g/mol. The van der Waals surface area contributed by atoms with Gasteiger partial charge < -0.3 is 0 Å². The molecule has 19 heavy (non-hydrogen) atoms. The average Bonchev–Trinajstić information content (AvgIpc) is 2.72. The fourth-order valence-corrected chi connectivity index (χ4v) is 1.81. The summed E-state index contributed by atoms with van der Waals surface area (Å²) >= 11 is 5.48. The molecule has 0 amide bonds. The van der Waals surface area contributed by atoms with E-state index in [0.717, 1.165) is 18.2 Å². The van der Waals surface area contributed by atoms with Gasteiger partial charge in [-0.1, -0.05) is 30.7 Å². The lowest BCUT2D eigenvalue weighted by molar-refractivity contribution is 0.564. The zero-order valence-corrected chi connectivity index (χ0v) is 11.2. The Morgan fingerprint density at radius 2 is 2.11 bits per heavy atom. The average molecular weight is 284 g/mol. The van der Waals surface area contributed by atoms with Crippen LogP contribution in [0.25, 0.3) is 17.5 Å². The summed E-state index contributed by atoms with van der Waals surface area (Å²) < 4.78 is 27.2. The van der Waals surface area contributed by atoms with Crippen LogP contribution in [0.2, 0.25) is 5.02 Å². The van der Waals surface area contributed by atoms with Crippen molar-refractivity contribution in [2.45, 2.75) is 20.3 Å². The number of nitrogens with one attached hydrogen (secondary N) is 1. The fraction of sp³-hybridized carbons (Fsp3) is 0.231. The molecule has 100 valence electrons. The Morgan fingerprint density at radius 3 is 2.79 bits per heavy atom. The second-order valence-corrected chi connectivity index (χ2v) is 4.42. The number of H-pyrrole nitrogens is 1. The molecule has 2 aromatic heterocycles. The molecule has 0 saturated carbocycles. The topological polar surface area (TPSA) is 41.6 Å². The minimum atomic E-state index is -0.913. The highest BCUT2D eigenvalue weighted by Gasteiger charge is 2.18. The lowest BCUT2D eigenvalue weighted by Crippen LogP contribution is -1.96. The number of aromatic amines is 1. The van der Waals surface area contributed by atoms with E-state index in [1.165, 1.54) is 0 Å². The zero-order valence-electron chi connectivity index (χ0n) is 10.5. The lowest BCUT2D eigenvalue weighted by Gasteiger charge is -2.02. The maximum absolute atomic E-state index is 13.8. The van der Waals surface area contributed by atoms with Gasteiger partial charge in [0.1, 0.15) is 11.4 Å². The van der Waals surface area contributed by atoms with Crippen molar-refractivity contribution in [1.29, 1.82) is 0 Å². The molecule has 0 spiro atoms. The number of hydrogen-bond donors (Lipinski definition) is 1. The summed E-state index contributed by atoms with van der Waals surface area (Å²) in [5, 5.41) is 6.38. The largest absolute Gasteiger partial charge is 0.282 e. The van der Waals surface area contributed by atoms with Crippen LogP contribution in [-0.2, 0) is 0 Å². The molecule has 0 radical (unpaired) electrons. The third-order valence-electron chi connectivity index (χ3n) is 2.63. The van der Waals surface area contributed by atoms with Crippen molar-refractivity contribution in [2.75, 3.05) is 0 Å². The summed E-state index contributed by atoms with van der Waals surface area (Å²) in [5.41, 5.74) is 1.57. The van der Waals surface area contributed by atoms with Gasteiger partial charge in [0.2, 0.25) is 5.95 Å². The highest BCUT2D eigenvalue weighted by Crippen LogP contribution is 2.28. The number of halogens is 3. The van der Waals surface area contributed by atoms with Crippen LogP contribution < -0.4 is 0 Å². The van der Waals surface area contributed by atoms with Gasteiger partial charge in [-0.15, -0.1) is 0 Å². The van der Waals surface area contributed by atoms with E-state index in [0.29, 0.717) is 5.56 Å². The van der Waals surface area contributed by atoms with Crippen molar-refractivity contribution in [3.05, 3.63) is 40.2 Å². The molecule has 0 bridgehead atoms. The molecule has 1 N–H and O–H groups in total. The lowest BCUT2D eigenvalue weighted by atomic mass is 10.1. The van der Waals surface area contributed by atoms with Gasteiger partial charge in [-0.3, -0.25) is 5.10 Å². The normalized spacial score (nSPS) is 11.4. The maximum Gasteiger partial charge on any atom is 0.232 e. The molecule has 0 aliphatic carbocycles. The highest BCUT2D eigenvalue weighted by molar-refractivity contribution is 6.30. The second kappa shape index (κ2) is 5.48. The molecule has 0 atom stereocenters. The fourth-order valence-electron chi connectivity index (χ4n) is 1.67. The summed E-state index contributed by atoms with van der Waals surface area (Å²) in [5.74, 6) is -1.62. The minimum Gasteiger partial charge on any atom is -0.282 e. The third-order valence-corrected chi connectivity index (χ3v) is 2.89. The molecule has 6 heteroatoms. The van der Waals surface area contributed by atoms with Crippen LogP contribution in [0.4, 0.5) is 8.78 Å². The van der Waals surface area contributed by atoms with Crippen molar-refractivity contribution in [2.24, 2.45) is 0 Å². The Kier molecular flexibility index (Phi) is 3.95. The number of allylic oxidation sites excluding steroid dienone is 1. The van der Waals surface area contributed by atoms with E-state index in [1.54, 1.807) is 6.92 Å². The molecule has 3 nitrogen and oxygen atoms in total. The van der Waals surface area contributed by atoms with Crippen molar-refractivity contribution >= 4 is 17.7 Å². The Balaban J connectivity index is 2.59. The second-order valence-electron chi connectivity index (χ2n) is 4.01. The predicted octanol–water partition coefficient (Wildman–Crippen LogP) is 4.13. The van der Waals surface area contributed by atoms with E-state index in [1.807, 2.05) is 19.1 Å². The molecular weight excluding hydrogens is 272 g/mol. The molecular formula is C13H12ClF2N3. The predicted molar refractivity (Wildman–Crippen MR) is 70.8 cm³/mol. The quantitative estimate of drug-likeness (QED) is 0.860. The molecule has 0 saturated heterocycles. The summed E-state index contributed by atoms with van der Waals surface area (Å²) in [6.45, 7) is 3.78. The summed E-state index contributed by atoms with van der Waals surface area (Å²) in [7, 11) is 0. The van der Waals surface area contributed by atoms with Crippen molar-refractivity contribution in [1.82, 2.24) is 15.2 Å². The van der Waals surface area contributed by atoms with Gasteiger partial charge in [0.05, 0.1) is 5.02 Å². The number of nitrogens with zero attached hydrogens (tertiary/aromatic N) is 2. The first-order valence-electron chi connectivity index (χ1n) is 5.78. The molecule has 2 heterocycles. The Hall–Kier alpha value is -1.75. The van der Waals surface area contributed by atoms with Crippen LogP contribution in [-0.4, -0.2) is 15.2 Å². The Bertz CT molecular complexity index is 635. The Morgan fingerprint density at radius 1 is 1.37 bits per heavy atom. The number of aromatic nitrogens is 3. The van der Waals surface area contributed by atoms with Crippen LogP contribution in [0.5, 0.6) is 0 Å². The maximum atomic E-state index is 13.8. The van der Waals surface area contributed by atoms with Gasteiger partial charge in [0, 0.05) is 11.3 Å². The number of pyridine rings is 1. The van der Waals surface area contributed by atoms with Gasteiger partial charge in [0.25, 0.3) is 0 Å². The molecule has 0 aromatic carbocycles. The Labute approximate surface area is 114 Å². The van der Waals surface area contributed by atoms with Crippen molar-refractivity contribution in [3.8, 4) is 11.4 Å². The van der Waals surface area contributed by atoms with Crippen LogP contribution in [0.15, 0.2) is 12.1 Å². The molecule has 0 aliphatic heterocycles. The van der Waals surface area contributed by atoms with Gasteiger partial charge in [-0.05, 0) is 19.4 Å². The van der Waals surface area contributed by atoms with Gasteiger partial charge in [-0.25, -0.2) is 9.37 Å². The van der Waals surface area contributed by atoms with Gasteiger partial charge in [0.15, 0.2) is 5.82 Å². The van der Waals surface area contributed by atoms with Crippen LogP contribution in [0, 0.1) is 18.7 Å². The summed E-state index contributed by atoms with van der Waals surface area (Å²) in [6, 6.07) is 0.899. The van der Waals surface area contributed by atoms with E-state index in [9.17, 15) is 8.78 Å². The standard InChI is InChI=1S/C13H12ClF2N3/c1-3-4-5-8-7(2)18-19-11(8)12-10(15)6-9(14)13(16)17-12/h4-6H,3H2,1-2H3,(H,18,19)/b5-4-. The van der Waals surface area contributed by atoms with Crippen molar-refractivity contribution < 1.29 is 8.78 Å². The van der Waals surface area contributed by atoms with E-state index in [-0.39, 0.29) is 16.4 Å². The van der Waals surface area contributed by atoms with Gasteiger partial charge in [-0.2, -0.15) is 9.49 Å². The van der Waals surface area contributed by atoms with Crippen LogP contribution in [0.3, 0.4) is 0 Å². The van der Waals surface area contributed by atoms with Crippen LogP contribution >= 0.6 is 11.6 Å². The smallest absolute Gasteiger partial charge is 0.232 e. The number of hydrogen-bond acceptors (Lipinski definition) is 2. The van der Waals surface area contributed by atoms with Crippen LogP contribution in [0.1, 0.15) is 24.6 Å². The minimum absolute atomic E-state index is 0.151. The summed E-state index contributed by atoms with van der Waals surface area (Å²) in [6.07, 6.45) is 4.54. The zero-order chi connectivity index (χ0) is 14.0. The van der Waals surface area contributed by atoms with E-state index in [4.69, 9.17) is 11.6 Å². The van der Waals surface area contributed by atoms with Crippen molar-refractivity contribution in [3.63, 3.8) is 0 Å². The first-order chi connectivity index (χ1) is 9.04. The third kappa shape index (κ3) is 2.66. The molecule has 2 aromatic rings. The van der Waals surface area contributed by atoms with E-state index in [2.05, 4.69) is 15.2 Å². The summed E-state index contributed by atoms with van der Waals surface area (Å²) in [4.78, 5) is 3.53. The van der Waals surface area contributed by atoms with E-state index >= 15 is 0 Å². The van der Waals surface area contributed by atoms with Gasteiger partial charge >= 0.3 is 0 Å². The SMILES string of the molecule is CC/C=C\c1c(-c2nc(F)c(Cl)cc2F)n[nH]c1C. The first kappa shape index (κ1) is 13.7. The molecule has 0 fully saturated rings. The number of rotatable bonds is 3. The number of aryl methyl sites for hydroxylation is 1. The first-order valence-corrected chi connectivity index (χ1v) is 6.15. The van der Waals surface area contributed by atoms with E-state index < -0.39 is 11.8 Å².